The Labute approximate surface area is 73.1 Å². The summed E-state index contributed by atoms with van der Waals surface area (Å²) in [7, 11) is 3.30. The van der Waals surface area contributed by atoms with Crippen molar-refractivity contribution in [2.24, 2.45) is 0 Å². The summed E-state index contributed by atoms with van der Waals surface area (Å²) in [6, 6.07) is 5.70. The Hall–Kier alpha value is -1.18. The molecule has 0 unspecified atom stereocenters. The van der Waals surface area contributed by atoms with E-state index in [-0.39, 0.29) is 0 Å². The van der Waals surface area contributed by atoms with Gasteiger partial charge in [0.15, 0.2) is 0 Å². The Kier molecular flexibility index (Phi) is 2.97. The van der Waals surface area contributed by atoms with E-state index in [0.717, 1.165) is 17.1 Å². The van der Waals surface area contributed by atoms with E-state index in [2.05, 4.69) is 6.92 Å². The van der Waals surface area contributed by atoms with Crippen LogP contribution in [-0.4, -0.2) is 14.2 Å². The smallest absolute Gasteiger partial charge is 0.122 e. The fraction of sp³-hybridized carbons (Fsp3) is 0.300. The summed E-state index contributed by atoms with van der Waals surface area (Å²) >= 11 is 0. The fourth-order valence-electron chi connectivity index (χ4n) is 1.08. The summed E-state index contributed by atoms with van der Waals surface area (Å²) < 4.78 is 10.2. The molecule has 0 saturated carbocycles. The average molecular weight is 165 g/mol. The Bertz CT molecular complexity index is 256. The minimum absolute atomic E-state index is 0.709. The van der Waals surface area contributed by atoms with Crippen LogP contribution in [0.3, 0.4) is 0 Å². The third-order valence-corrected chi connectivity index (χ3v) is 1.76. The Balaban J connectivity index is 3.02. The highest BCUT2D eigenvalue weighted by Crippen LogP contribution is 2.23. The second kappa shape index (κ2) is 4.00. The number of ether oxygens (including phenoxy) is 2. The number of rotatable bonds is 3. The summed E-state index contributed by atoms with van der Waals surface area (Å²) in [5.41, 5.74) is 1.07. The molecule has 0 aliphatic rings. The van der Waals surface area contributed by atoms with Gasteiger partial charge in [-0.3, -0.25) is 0 Å². The van der Waals surface area contributed by atoms with Gasteiger partial charge in [0.2, 0.25) is 0 Å². The monoisotopic (exact) mass is 165 g/mol. The van der Waals surface area contributed by atoms with Crippen molar-refractivity contribution in [1.29, 1.82) is 0 Å². The van der Waals surface area contributed by atoms with Crippen molar-refractivity contribution in [3.63, 3.8) is 0 Å². The molecule has 0 spiro atoms. The lowest BCUT2D eigenvalue weighted by Gasteiger charge is -2.07. The van der Waals surface area contributed by atoms with Gasteiger partial charge >= 0.3 is 0 Å². The molecule has 1 rings (SSSR count). The Morgan fingerprint density at radius 2 is 2.00 bits per heavy atom. The van der Waals surface area contributed by atoms with Gasteiger partial charge in [0.1, 0.15) is 11.5 Å². The molecule has 0 aliphatic carbocycles. The maximum Gasteiger partial charge on any atom is 0.122 e. The maximum atomic E-state index is 5.14. The van der Waals surface area contributed by atoms with Crippen LogP contribution in [0.4, 0.5) is 0 Å². The van der Waals surface area contributed by atoms with Crippen LogP contribution in [-0.2, 0) is 6.42 Å². The van der Waals surface area contributed by atoms with Crippen molar-refractivity contribution in [2.75, 3.05) is 14.2 Å². The lowest BCUT2D eigenvalue weighted by molar-refractivity contribution is 0.399. The summed E-state index contributed by atoms with van der Waals surface area (Å²) in [6.45, 7) is 3.80. The molecule has 1 aromatic rings. The molecule has 65 valence electrons. The van der Waals surface area contributed by atoms with Crippen LogP contribution in [0.2, 0.25) is 0 Å². The van der Waals surface area contributed by atoms with Crippen molar-refractivity contribution in [3.8, 4) is 11.5 Å². The van der Waals surface area contributed by atoms with Gasteiger partial charge in [0.25, 0.3) is 0 Å². The topological polar surface area (TPSA) is 18.5 Å². The first-order chi connectivity index (χ1) is 5.81. The highest BCUT2D eigenvalue weighted by atomic mass is 16.5. The molecule has 0 saturated heterocycles. The van der Waals surface area contributed by atoms with Gasteiger partial charge < -0.3 is 9.47 Å². The van der Waals surface area contributed by atoms with Gasteiger partial charge in [0.05, 0.1) is 14.2 Å². The van der Waals surface area contributed by atoms with Gasteiger partial charge in [-0.15, -0.1) is 0 Å². The van der Waals surface area contributed by atoms with E-state index < -0.39 is 0 Å². The number of methoxy groups -OCH3 is 2. The van der Waals surface area contributed by atoms with E-state index in [4.69, 9.17) is 9.47 Å². The first kappa shape index (κ1) is 8.91. The van der Waals surface area contributed by atoms with Crippen LogP contribution in [0.15, 0.2) is 18.2 Å². The molecule has 0 fully saturated rings. The van der Waals surface area contributed by atoms with Crippen LogP contribution in [0, 0.1) is 6.92 Å². The van der Waals surface area contributed by atoms with Gasteiger partial charge in [-0.2, -0.15) is 0 Å². The molecule has 0 N–H and O–H groups in total. The first-order valence-corrected chi connectivity index (χ1v) is 3.82. The van der Waals surface area contributed by atoms with E-state index in [9.17, 15) is 0 Å². The standard InChI is InChI=1S/C10H13O2/c1-4-8-7-9(11-2)5-6-10(8)12-3/h5-7H,1,4H2,2-3H3. The van der Waals surface area contributed by atoms with Crippen LogP contribution < -0.4 is 9.47 Å². The van der Waals surface area contributed by atoms with Gasteiger partial charge in [0, 0.05) is 0 Å². The lowest BCUT2D eigenvalue weighted by Crippen LogP contribution is -1.91. The van der Waals surface area contributed by atoms with Crippen molar-refractivity contribution in [2.45, 2.75) is 6.42 Å². The van der Waals surface area contributed by atoms with E-state index in [1.54, 1.807) is 14.2 Å². The SMILES string of the molecule is [CH2]Cc1cc(OC)ccc1OC. The van der Waals surface area contributed by atoms with Gasteiger partial charge in [-0.05, 0) is 37.1 Å². The fourth-order valence-corrected chi connectivity index (χ4v) is 1.08. The summed E-state index contributed by atoms with van der Waals surface area (Å²) in [5, 5.41) is 0. The minimum Gasteiger partial charge on any atom is -0.497 e. The van der Waals surface area contributed by atoms with Crippen LogP contribution in [0.1, 0.15) is 5.56 Å². The predicted molar refractivity (Wildman–Crippen MR) is 48.6 cm³/mol. The second-order valence-corrected chi connectivity index (χ2v) is 2.43. The second-order valence-electron chi connectivity index (χ2n) is 2.43. The van der Waals surface area contributed by atoms with Crippen LogP contribution in [0.5, 0.6) is 11.5 Å². The van der Waals surface area contributed by atoms with Crippen molar-refractivity contribution in [1.82, 2.24) is 0 Å². The molecule has 12 heavy (non-hydrogen) atoms. The minimum atomic E-state index is 0.709. The molecular formula is C10H13O2. The van der Waals surface area contributed by atoms with Crippen LogP contribution in [0.25, 0.3) is 0 Å². The third kappa shape index (κ3) is 1.70. The largest absolute Gasteiger partial charge is 0.497 e. The van der Waals surface area contributed by atoms with E-state index in [0.29, 0.717) is 6.42 Å². The predicted octanol–water partition coefficient (Wildman–Crippen LogP) is 2.08. The molecular weight excluding hydrogens is 152 g/mol. The molecule has 1 aromatic carbocycles. The Morgan fingerprint density at radius 1 is 1.25 bits per heavy atom. The molecule has 2 heteroatoms. The van der Waals surface area contributed by atoms with Crippen LogP contribution >= 0.6 is 0 Å². The molecule has 0 bridgehead atoms. The molecule has 0 atom stereocenters. The van der Waals surface area contributed by atoms with E-state index in [1.165, 1.54) is 0 Å². The molecule has 0 aliphatic heterocycles. The lowest BCUT2D eigenvalue weighted by atomic mass is 10.1. The molecule has 0 amide bonds. The van der Waals surface area contributed by atoms with Crippen molar-refractivity contribution >= 4 is 0 Å². The normalized spacial score (nSPS) is 9.58. The summed E-state index contributed by atoms with van der Waals surface area (Å²) in [5.74, 6) is 1.71. The average Bonchev–Trinajstić information content (AvgIpc) is 2.16. The van der Waals surface area contributed by atoms with Crippen molar-refractivity contribution < 1.29 is 9.47 Å². The number of hydrogen-bond acceptors (Lipinski definition) is 2. The summed E-state index contributed by atoms with van der Waals surface area (Å²) in [6.07, 6.45) is 0.709. The zero-order valence-electron chi connectivity index (χ0n) is 7.46. The molecule has 0 heterocycles. The summed E-state index contributed by atoms with van der Waals surface area (Å²) in [4.78, 5) is 0. The first-order valence-electron chi connectivity index (χ1n) is 3.82. The maximum absolute atomic E-state index is 5.14. The third-order valence-electron chi connectivity index (χ3n) is 1.76. The van der Waals surface area contributed by atoms with Gasteiger partial charge in [-0.1, -0.05) is 0 Å². The quantitative estimate of drug-likeness (QED) is 0.682. The zero-order chi connectivity index (χ0) is 8.97. The van der Waals surface area contributed by atoms with E-state index in [1.807, 2.05) is 18.2 Å². The molecule has 0 aromatic heterocycles. The van der Waals surface area contributed by atoms with E-state index >= 15 is 0 Å². The Morgan fingerprint density at radius 3 is 2.50 bits per heavy atom. The number of benzene rings is 1. The molecule has 2 nitrogen and oxygen atoms in total. The highest BCUT2D eigenvalue weighted by molar-refractivity contribution is 5.40. The number of hydrogen-bond donors (Lipinski definition) is 0. The zero-order valence-corrected chi connectivity index (χ0v) is 7.46. The van der Waals surface area contributed by atoms with Crippen molar-refractivity contribution in [3.05, 3.63) is 30.7 Å². The van der Waals surface area contributed by atoms with Gasteiger partial charge in [-0.25, -0.2) is 0 Å². The molecule has 1 radical (unpaired) electrons. The highest BCUT2D eigenvalue weighted by Gasteiger charge is 2.01.